The summed E-state index contributed by atoms with van der Waals surface area (Å²) in [6, 6.07) is 58.2. The molecule has 0 amide bonds. The van der Waals surface area contributed by atoms with Crippen molar-refractivity contribution >= 4 is 74.3 Å². The van der Waals surface area contributed by atoms with Crippen LogP contribution in [-0.4, -0.2) is 6.71 Å². The SMILES string of the molecule is Cc1cc2c3c(c1)N(c1cc4c(cc1C)C(C)(C)CCC4(C)C)c1cc4c(cc1B3c1ccc(N(c3ccc(C(C)(C)C)cc3)c3ccc(C(C)(C)C)cc3)cc1N2c1ccc2c(c1)C(C)(C)c1ccccc1-2)C(C)(C)CC4(C)C. The summed E-state index contributed by atoms with van der Waals surface area (Å²) in [5.74, 6) is 0. The van der Waals surface area contributed by atoms with E-state index in [1.807, 2.05) is 0 Å². The molecule has 2 heterocycles. The monoisotopic (exact) mass is 1050 g/mol. The van der Waals surface area contributed by atoms with Gasteiger partial charge in [-0.05, 0) is 222 Å². The molecule has 0 saturated carbocycles. The van der Waals surface area contributed by atoms with Gasteiger partial charge in [-0.25, -0.2) is 0 Å². The molecule has 0 saturated heterocycles. The van der Waals surface area contributed by atoms with E-state index in [1.165, 1.54) is 130 Å². The van der Waals surface area contributed by atoms with Crippen molar-refractivity contribution in [2.75, 3.05) is 14.7 Å². The van der Waals surface area contributed by atoms with Crippen LogP contribution in [0.25, 0.3) is 11.1 Å². The molecule has 3 nitrogen and oxygen atoms in total. The van der Waals surface area contributed by atoms with E-state index < -0.39 is 0 Å². The molecule has 0 fully saturated rings. The Balaban J connectivity index is 1.11. The number of rotatable bonds is 5. The number of benzene rings is 8. The highest BCUT2D eigenvalue weighted by atomic mass is 15.2. The van der Waals surface area contributed by atoms with Crippen molar-refractivity contribution in [3.63, 3.8) is 0 Å². The zero-order chi connectivity index (χ0) is 56.8. The van der Waals surface area contributed by atoms with Crippen LogP contribution >= 0.6 is 0 Å². The number of hydrogen-bond donors (Lipinski definition) is 0. The minimum Gasteiger partial charge on any atom is -0.311 e. The largest absolute Gasteiger partial charge is 0.311 e. The highest BCUT2D eigenvalue weighted by Gasteiger charge is 2.49. The average Bonchev–Trinajstić information content (AvgIpc) is 3.87. The van der Waals surface area contributed by atoms with Gasteiger partial charge >= 0.3 is 0 Å². The number of nitrogens with zero attached hydrogens (tertiary/aromatic N) is 3. The van der Waals surface area contributed by atoms with Gasteiger partial charge < -0.3 is 14.7 Å². The second-order valence-electron chi connectivity index (χ2n) is 30.2. The molecule has 3 aliphatic carbocycles. The Morgan fingerprint density at radius 2 is 0.912 bits per heavy atom. The molecule has 13 rings (SSSR count). The predicted octanol–water partition coefficient (Wildman–Crippen LogP) is 19.1. The fourth-order valence-electron chi connectivity index (χ4n) is 15.7. The third-order valence-electron chi connectivity index (χ3n) is 20.2. The normalized spacial score (nSPS) is 18.1. The molecule has 0 spiro atoms. The zero-order valence-electron chi connectivity index (χ0n) is 51.4. The summed E-state index contributed by atoms with van der Waals surface area (Å²) in [6.45, 7) is 43.2. The van der Waals surface area contributed by atoms with E-state index in [9.17, 15) is 0 Å². The first-order valence-electron chi connectivity index (χ1n) is 30.0. The highest BCUT2D eigenvalue weighted by molar-refractivity contribution is 7.00. The van der Waals surface area contributed by atoms with Crippen LogP contribution in [0.4, 0.5) is 51.2 Å². The summed E-state index contributed by atoms with van der Waals surface area (Å²) < 4.78 is 0. The number of fused-ring (bicyclic) bond motifs is 9. The lowest BCUT2D eigenvalue weighted by Crippen LogP contribution is -2.61. The van der Waals surface area contributed by atoms with E-state index in [1.54, 1.807) is 0 Å². The quantitative estimate of drug-likeness (QED) is 0.159. The van der Waals surface area contributed by atoms with Crippen LogP contribution in [0.2, 0.25) is 0 Å². The lowest BCUT2D eigenvalue weighted by molar-refractivity contribution is 0.332. The molecule has 4 heteroatoms. The van der Waals surface area contributed by atoms with Gasteiger partial charge in [0.05, 0.1) is 0 Å². The van der Waals surface area contributed by atoms with Crippen molar-refractivity contribution in [2.24, 2.45) is 0 Å². The Hall–Kier alpha value is -6.78. The van der Waals surface area contributed by atoms with Crippen molar-refractivity contribution in [2.45, 2.75) is 182 Å². The zero-order valence-corrected chi connectivity index (χ0v) is 51.4. The average molecular weight is 1050 g/mol. The number of aryl methyl sites for hydroxylation is 2. The van der Waals surface area contributed by atoms with E-state index in [0.29, 0.717) is 0 Å². The van der Waals surface area contributed by atoms with Crippen LogP contribution < -0.4 is 31.1 Å². The number of hydrogen-bond acceptors (Lipinski definition) is 3. The summed E-state index contributed by atoms with van der Waals surface area (Å²) in [6.07, 6.45) is 3.47. The predicted molar refractivity (Wildman–Crippen MR) is 346 cm³/mol. The molecular formula is C76H84BN3. The van der Waals surface area contributed by atoms with Crippen molar-refractivity contribution in [3.05, 3.63) is 201 Å². The first-order valence-corrected chi connectivity index (χ1v) is 30.0. The van der Waals surface area contributed by atoms with Gasteiger partial charge in [0.1, 0.15) is 0 Å². The van der Waals surface area contributed by atoms with Gasteiger partial charge in [0, 0.05) is 56.6 Å². The molecule has 80 heavy (non-hydrogen) atoms. The first kappa shape index (κ1) is 52.6. The molecule has 8 aromatic rings. The molecule has 8 aromatic carbocycles. The van der Waals surface area contributed by atoms with Gasteiger partial charge in [-0.2, -0.15) is 0 Å². The van der Waals surface area contributed by atoms with E-state index in [0.717, 1.165) is 23.5 Å². The van der Waals surface area contributed by atoms with Crippen LogP contribution in [0.3, 0.4) is 0 Å². The molecule has 2 aliphatic heterocycles. The minimum absolute atomic E-state index is 0.0141. The van der Waals surface area contributed by atoms with Crippen LogP contribution in [0.5, 0.6) is 0 Å². The molecule has 0 aromatic heterocycles. The van der Waals surface area contributed by atoms with Gasteiger partial charge in [-0.1, -0.05) is 184 Å². The van der Waals surface area contributed by atoms with Crippen molar-refractivity contribution < 1.29 is 0 Å². The molecule has 0 radical (unpaired) electrons. The van der Waals surface area contributed by atoms with Crippen molar-refractivity contribution in [3.8, 4) is 11.1 Å². The minimum atomic E-state index is -0.171. The second kappa shape index (κ2) is 17.1. The maximum atomic E-state index is 2.73. The maximum Gasteiger partial charge on any atom is 0.252 e. The van der Waals surface area contributed by atoms with Gasteiger partial charge in [-0.15, -0.1) is 0 Å². The lowest BCUT2D eigenvalue weighted by Gasteiger charge is -2.47. The van der Waals surface area contributed by atoms with Gasteiger partial charge in [0.15, 0.2) is 0 Å². The molecule has 406 valence electrons. The second-order valence-corrected chi connectivity index (χ2v) is 30.2. The first-order chi connectivity index (χ1) is 37.5. The van der Waals surface area contributed by atoms with Crippen LogP contribution in [0.1, 0.15) is 186 Å². The van der Waals surface area contributed by atoms with Gasteiger partial charge in [-0.3, -0.25) is 0 Å². The molecule has 0 N–H and O–H groups in total. The summed E-state index contributed by atoms with van der Waals surface area (Å²) in [5, 5.41) is 0. The lowest BCUT2D eigenvalue weighted by atomic mass is 9.33. The van der Waals surface area contributed by atoms with Crippen molar-refractivity contribution in [1.29, 1.82) is 0 Å². The Morgan fingerprint density at radius 1 is 0.412 bits per heavy atom. The van der Waals surface area contributed by atoms with E-state index in [-0.39, 0.29) is 44.6 Å². The van der Waals surface area contributed by atoms with E-state index >= 15 is 0 Å². The summed E-state index contributed by atoms with van der Waals surface area (Å²) in [7, 11) is 0. The third kappa shape index (κ3) is 7.87. The molecule has 0 bridgehead atoms. The fraction of sp³-hybridized carbons (Fsp3) is 0.368. The van der Waals surface area contributed by atoms with E-state index in [4.69, 9.17) is 0 Å². The Labute approximate surface area is 480 Å². The Kier molecular flexibility index (Phi) is 11.3. The van der Waals surface area contributed by atoms with Crippen molar-refractivity contribution in [1.82, 2.24) is 0 Å². The van der Waals surface area contributed by atoms with Crippen LogP contribution in [0.15, 0.2) is 146 Å². The van der Waals surface area contributed by atoms with Crippen LogP contribution in [0, 0.1) is 13.8 Å². The highest BCUT2D eigenvalue weighted by Crippen LogP contribution is 2.56. The summed E-state index contributed by atoms with van der Waals surface area (Å²) in [5.41, 5.74) is 31.9. The smallest absolute Gasteiger partial charge is 0.252 e. The Bertz CT molecular complexity index is 3830. The third-order valence-corrected chi connectivity index (χ3v) is 20.2. The maximum absolute atomic E-state index is 2.73. The molecule has 5 aliphatic rings. The number of anilines is 9. The van der Waals surface area contributed by atoms with Gasteiger partial charge in [0.25, 0.3) is 6.71 Å². The molecule has 0 unspecified atom stereocenters. The molecular weight excluding hydrogens is 966 g/mol. The Morgan fingerprint density at radius 3 is 1.51 bits per heavy atom. The standard InChI is InChI=1S/C76H84BN3/c1-46-37-67-69-68(38-46)80(64-43-60-58(39-47(64)2)72(9,10)35-36-73(60,11)12)66-44-61-59(74(13,14)45-75(61,15)16)42-63(66)77(69)62-34-32-53(41-65(62)79(67)52-31-33-55-54-21-19-20-22-56(54)76(17,18)57(55)40-52)78(50-27-23-48(24-28-50)70(3,4)5)51-29-25-49(26-30-51)71(6,7)8/h19-34,37-44H,35-36,45H2,1-18H3. The topological polar surface area (TPSA) is 9.72 Å². The summed E-state index contributed by atoms with van der Waals surface area (Å²) in [4.78, 5) is 7.89. The van der Waals surface area contributed by atoms with Gasteiger partial charge in [0.2, 0.25) is 0 Å². The van der Waals surface area contributed by atoms with Crippen LogP contribution in [-0.2, 0) is 37.9 Å². The summed E-state index contributed by atoms with van der Waals surface area (Å²) >= 11 is 0. The van der Waals surface area contributed by atoms with E-state index in [2.05, 4.69) is 285 Å². The fourth-order valence-corrected chi connectivity index (χ4v) is 15.7. The molecule has 0 atom stereocenters.